The van der Waals surface area contributed by atoms with Gasteiger partial charge in [-0.2, -0.15) is 0 Å². The van der Waals surface area contributed by atoms with Gasteiger partial charge in [-0.1, -0.05) is 19.1 Å². The van der Waals surface area contributed by atoms with Crippen LogP contribution < -0.4 is 5.32 Å². The minimum absolute atomic E-state index is 0.0423. The molecule has 0 aliphatic rings. The minimum atomic E-state index is -0.977. The minimum Gasteiger partial charge on any atom is -0.393 e. The molecule has 3 nitrogen and oxygen atoms in total. The lowest BCUT2D eigenvalue weighted by Crippen LogP contribution is -2.30. The number of hydrogen-bond acceptors (Lipinski definition) is 2. The molecule has 2 atom stereocenters. The van der Waals surface area contributed by atoms with Crippen molar-refractivity contribution < 1.29 is 18.7 Å². The Balaban J connectivity index is 2.45. The van der Waals surface area contributed by atoms with E-state index in [4.69, 9.17) is 0 Å². The average molecular weight is 271 g/mol. The van der Waals surface area contributed by atoms with Crippen LogP contribution in [0, 0.1) is 17.6 Å². The molecule has 0 aliphatic heterocycles. The second-order valence-electron chi connectivity index (χ2n) is 4.88. The molecule has 19 heavy (non-hydrogen) atoms. The van der Waals surface area contributed by atoms with Crippen LogP contribution in [-0.2, 0) is 11.2 Å². The van der Waals surface area contributed by atoms with Crippen LogP contribution in [0.2, 0.25) is 0 Å². The summed E-state index contributed by atoms with van der Waals surface area (Å²) in [5.74, 6) is -2.16. The van der Waals surface area contributed by atoms with Gasteiger partial charge in [0.25, 0.3) is 0 Å². The molecule has 0 spiro atoms. The summed E-state index contributed by atoms with van der Waals surface area (Å²) in [7, 11) is 0. The van der Waals surface area contributed by atoms with E-state index in [2.05, 4.69) is 5.32 Å². The molecule has 1 aromatic rings. The molecule has 106 valence electrons. The van der Waals surface area contributed by atoms with E-state index >= 15 is 0 Å². The number of rotatable bonds is 6. The molecule has 5 heteroatoms. The molecule has 1 rings (SSSR count). The van der Waals surface area contributed by atoms with Crippen LogP contribution in [0.1, 0.15) is 25.8 Å². The van der Waals surface area contributed by atoms with Crippen molar-refractivity contribution >= 4 is 5.91 Å². The highest BCUT2D eigenvalue weighted by molar-refractivity contribution is 5.78. The predicted octanol–water partition coefficient (Wildman–Crippen LogP) is 2.03. The maximum Gasteiger partial charge on any atom is 0.224 e. The maximum atomic E-state index is 13.3. The van der Waals surface area contributed by atoms with Crippen LogP contribution in [0.5, 0.6) is 0 Å². The van der Waals surface area contributed by atoms with Gasteiger partial charge in [0, 0.05) is 12.1 Å². The number of aliphatic hydroxyl groups excluding tert-OH is 1. The number of benzene rings is 1. The zero-order valence-corrected chi connectivity index (χ0v) is 11.1. The van der Waals surface area contributed by atoms with Crippen LogP contribution >= 0.6 is 0 Å². The third-order valence-electron chi connectivity index (χ3n) is 2.77. The van der Waals surface area contributed by atoms with Crippen molar-refractivity contribution in [3.63, 3.8) is 0 Å². The Labute approximate surface area is 111 Å². The molecular weight excluding hydrogens is 252 g/mol. The van der Waals surface area contributed by atoms with Gasteiger partial charge in [-0.3, -0.25) is 4.79 Å². The topological polar surface area (TPSA) is 49.3 Å². The van der Waals surface area contributed by atoms with Crippen LogP contribution in [0.15, 0.2) is 18.2 Å². The molecule has 0 radical (unpaired) electrons. The van der Waals surface area contributed by atoms with Gasteiger partial charge in [0.15, 0.2) is 11.6 Å². The van der Waals surface area contributed by atoms with Crippen molar-refractivity contribution in [3.8, 4) is 0 Å². The number of nitrogens with one attached hydrogen (secondary N) is 1. The van der Waals surface area contributed by atoms with Gasteiger partial charge in [-0.25, -0.2) is 8.78 Å². The van der Waals surface area contributed by atoms with Gasteiger partial charge >= 0.3 is 0 Å². The summed E-state index contributed by atoms with van der Waals surface area (Å²) in [6, 6.07) is 3.77. The monoisotopic (exact) mass is 271 g/mol. The van der Waals surface area contributed by atoms with Crippen molar-refractivity contribution in [2.75, 3.05) is 6.54 Å². The van der Waals surface area contributed by atoms with Crippen molar-refractivity contribution in [2.45, 2.75) is 32.8 Å². The van der Waals surface area contributed by atoms with Gasteiger partial charge < -0.3 is 10.4 Å². The van der Waals surface area contributed by atoms with Crippen LogP contribution in [0.25, 0.3) is 0 Å². The van der Waals surface area contributed by atoms with E-state index in [9.17, 15) is 18.7 Å². The van der Waals surface area contributed by atoms with Crippen molar-refractivity contribution in [3.05, 3.63) is 35.4 Å². The molecule has 1 amide bonds. The van der Waals surface area contributed by atoms with Gasteiger partial charge in [-0.15, -0.1) is 0 Å². The lowest BCUT2D eigenvalue weighted by molar-refractivity contribution is -0.120. The van der Waals surface area contributed by atoms with Gasteiger partial charge in [0.1, 0.15) is 0 Å². The van der Waals surface area contributed by atoms with Crippen LogP contribution in [-0.4, -0.2) is 23.7 Å². The summed E-state index contributed by atoms with van der Waals surface area (Å²) in [5, 5.41) is 11.8. The van der Waals surface area contributed by atoms with Crippen LogP contribution in [0.4, 0.5) is 8.78 Å². The fourth-order valence-corrected chi connectivity index (χ4v) is 1.87. The highest BCUT2D eigenvalue weighted by atomic mass is 19.2. The lowest BCUT2D eigenvalue weighted by Gasteiger charge is -2.14. The Morgan fingerprint density at radius 2 is 2.05 bits per heavy atom. The number of carbonyl (C=O) groups is 1. The smallest absolute Gasteiger partial charge is 0.224 e. The molecule has 0 saturated heterocycles. The first-order valence-electron chi connectivity index (χ1n) is 6.27. The first-order chi connectivity index (χ1) is 8.90. The average Bonchev–Trinajstić information content (AvgIpc) is 2.32. The second kappa shape index (κ2) is 7.19. The molecule has 0 aromatic heterocycles. The van der Waals surface area contributed by atoms with Gasteiger partial charge in [0.05, 0.1) is 12.5 Å². The molecule has 1 aromatic carbocycles. The fourth-order valence-electron chi connectivity index (χ4n) is 1.87. The van der Waals surface area contributed by atoms with Gasteiger partial charge in [0.2, 0.25) is 5.91 Å². The number of hydrogen-bond donors (Lipinski definition) is 2. The molecule has 0 heterocycles. The van der Waals surface area contributed by atoms with Crippen molar-refractivity contribution in [2.24, 2.45) is 5.92 Å². The predicted molar refractivity (Wildman–Crippen MR) is 68.5 cm³/mol. The van der Waals surface area contributed by atoms with E-state index < -0.39 is 17.7 Å². The van der Waals surface area contributed by atoms with Crippen molar-refractivity contribution in [1.29, 1.82) is 0 Å². The number of halogens is 2. The molecule has 0 aliphatic carbocycles. The summed E-state index contributed by atoms with van der Waals surface area (Å²) < 4.78 is 26.3. The zero-order chi connectivity index (χ0) is 14.4. The van der Waals surface area contributed by atoms with E-state index in [1.165, 1.54) is 12.1 Å². The summed E-state index contributed by atoms with van der Waals surface area (Å²) in [6.07, 6.45) is -0.0351. The van der Waals surface area contributed by atoms with E-state index in [0.29, 0.717) is 13.0 Å². The normalized spacial score (nSPS) is 13.9. The summed E-state index contributed by atoms with van der Waals surface area (Å²) in [6.45, 7) is 3.98. The molecule has 2 unspecified atom stereocenters. The zero-order valence-electron chi connectivity index (χ0n) is 11.1. The second-order valence-corrected chi connectivity index (χ2v) is 4.88. The lowest BCUT2D eigenvalue weighted by atomic mass is 10.0. The maximum absolute atomic E-state index is 13.3. The third kappa shape index (κ3) is 5.34. The molecular formula is C14H19F2NO2. The molecule has 0 saturated carbocycles. The van der Waals surface area contributed by atoms with E-state index in [1.54, 1.807) is 6.92 Å². The Hall–Kier alpha value is -1.49. The molecule has 0 fully saturated rings. The van der Waals surface area contributed by atoms with Crippen molar-refractivity contribution in [1.82, 2.24) is 5.32 Å². The molecule has 2 N–H and O–H groups in total. The third-order valence-corrected chi connectivity index (χ3v) is 2.77. The largest absolute Gasteiger partial charge is 0.393 e. The Kier molecular flexibility index (Phi) is 5.89. The SMILES string of the molecule is CC(O)CC(C)CNC(=O)Cc1cccc(F)c1F. The van der Waals surface area contributed by atoms with Gasteiger partial charge in [-0.05, 0) is 25.3 Å². The Morgan fingerprint density at radius 1 is 1.37 bits per heavy atom. The highest BCUT2D eigenvalue weighted by Gasteiger charge is 2.13. The fraction of sp³-hybridized carbons (Fsp3) is 0.500. The van der Waals surface area contributed by atoms with E-state index in [1.807, 2.05) is 6.92 Å². The highest BCUT2D eigenvalue weighted by Crippen LogP contribution is 2.12. The van der Waals surface area contributed by atoms with E-state index in [-0.39, 0.29) is 23.8 Å². The number of amides is 1. The summed E-state index contributed by atoms with van der Waals surface area (Å²) in [5.41, 5.74) is 0.0423. The summed E-state index contributed by atoms with van der Waals surface area (Å²) >= 11 is 0. The quantitative estimate of drug-likeness (QED) is 0.831. The number of aliphatic hydroxyl groups is 1. The first kappa shape index (κ1) is 15.6. The summed E-state index contributed by atoms with van der Waals surface area (Å²) in [4.78, 5) is 11.6. The molecule has 0 bridgehead atoms. The first-order valence-corrected chi connectivity index (χ1v) is 6.27. The standard InChI is InChI=1S/C14H19F2NO2/c1-9(6-10(2)18)8-17-13(19)7-11-4-3-5-12(15)14(11)16/h3-5,9-10,18H,6-8H2,1-2H3,(H,17,19). The van der Waals surface area contributed by atoms with E-state index in [0.717, 1.165) is 6.07 Å². The Morgan fingerprint density at radius 3 is 2.68 bits per heavy atom. The van der Waals surface area contributed by atoms with Crippen LogP contribution in [0.3, 0.4) is 0 Å². The Bertz CT molecular complexity index is 435. The number of carbonyl (C=O) groups excluding carboxylic acids is 1.